The number of alkyl halides is 2. The maximum atomic E-state index is 14.2. The van der Waals surface area contributed by atoms with Crippen molar-refractivity contribution in [2.75, 3.05) is 4.90 Å². The zero-order valence-electron chi connectivity index (χ0n) is 18.8. The van der Waals surface area contributed by atoms with E-state index in [2.05, 4.69) is 10.6 Å². The Bertz CT molecular complexity index is 1120. The maximum absolute atomic E-state index is 14.2. The molecule has 3 amide bonds. The van der Waals surface area contributed by atoms with Crippen molar-refractivity contribution in [1.29, 1.82) is 0 Å². The molecule has 1 heterocycles. The first kappa shape index (κ1) is 25.0. The number of carbonyl (C=O) groups is 3. The van der Waals surface area contributed by atoms with E-state index in [1.165, 1.54) is 18.2 Å². The van der Waals surface area contributed by atoms with E-state index in [-0.39, 0.29) is 28.6 Å². The van der Waals surface area contributed by atoms with Crippen LogP contribution in [0.15, 0.2) is 48.5 Å². The summed E-state index contributed by atoms with van der Waals surface area (Å²) in [5.41, 5.74) is 0.374. The number of anilines is 1. The monoisotopic (exact) mass is 507 g/mol. The van der Waals surface area contributed by atoms with E-state index < -0.39 is 54.5 Å². The zero-order chi connectivity index (χ0) is 25.2. The molecule has 2 aliphatic rings. The quantitative estimate of drug-likeness (QED) is 0.578. The van der Waals surface area contributed by atoms with Crippen LogP contribution in [0.1, 0.15) is 50.1 Å². The van der Waals surface area contributed by atoms with Gasteiger partial charge in [0, 0.05) is 54.0 Å². The van der Waals surface area contributed by atoms with Gasteiger partial charge in [0.25, 0.3) is 5.92 Å². The van der Waals surface area contributed by atoms with Crippen LogP contribution in [0, 0.1) is 5.82 Å². The Labute approximate surface area is 205 Å². The van der Waals surface area contributed by atoms with E-state index in [9.17, 15) is 27.6 Å². The Kier molecular flexibility index (Phi) is 7.35. The third-order valence-electron chi connectivity index (χ3n) is 6.24. The summed E-state index contributed by atoms with van der Waals surface area (Å²) >= 11 is 6.40. The van der Waals surface area contributed by atoms with Gasteiger partial charge in [-0.1, -0.05) is 35.9 Å². The molecule has 0 spiro atoms. The molecule has 2 aromatic carbocycles. The molecule has 2 atom stereocenters. The van der Waals surface area contributed by atoms with Gasteiger partial charge in [0.05, 0.1) is 0 Å². The fraction of sp³-hybridized carbons (Fsp3) is 0.400. The number of piperidine rings is 1. The molecular formula is C25H25ClF3N3O3. The van der Waals surface area contributed by atoms with E-state index in [0.29, 0.717) is 19.3 Å². The van der Waals surface area contributed by atoms with Crippen LogP contribution in [-0.2, 0) is 14.4 Å². The molecule has 1 aliphatic carbocycles. The standard InChI is InChI=1S/C25H25ClF3N3O3/c26-20-9-2-1-8-19(20)23(24(35)31-17-13-25(28,29)14-17)32(18-7-3-5-15(27)11-18)22(34)12-16-6-4-10-21(33)30-16/h1-3,5,7-9,11,16-17,23H,4,6,10,12-14H2,(H,30,33)(H,31,35). The van der Waals surface area contributed by atoms with Crippen LogP contribution in [0.4, 0.5) is 18.9 Å². The summed E-state index contributed by atoms with van der Waals surface area (Å²) in [6.07, 6.45) is 0.432. The van der Waals surface area contributed by atoms with E-state index in [1.54, 1.807) is 24.3 Å². The molecule has 2 fully saturated rings. The lowest BCUT2D eigenvalue weighted by Gasteiger charge is -2.38. The van der Waals surface area contributed by atoms with Crippen LogP contribution in [0.5, 0.6) is 0 Å². The van der Waals surface area contributed by atoms with Crippen molar-refractivity contribution >= 4 is 35.0 Å². The van der Waals surface area contributed by atoms with Crippen molar-refractivity contribution in [3.63, 3.8) is 0 Å². The first-order valence-corrected chi connectivity index (χ1v) is 11.8. The average molecular weight is 508 g/mol. The summed E-state index contributed by atoms with van der Waals surface area (Å²) in [6.45, 7) is 0. The van der Waals surface area contributed by atoms with E-state index in [0.717, 1.165) is 11.0 Å². The van der Waals surface area contributed by atoms with Crippen LogP contribution in [0.25, 0.3) is 0 Å². The molecule has 10 heteroatoms. The molecule has 6 nitrogen and oxygen atoms in total. The molecule has 35 heavy (non-hydrogen) atoms. The minimum atomic E-state index is -2.85. The van der Waals surface area contributed by atoms with Gasteiger partial charge in [-0.05, 0) is 37.1 Å². The number of halogens is 4. The second-order valence-electron chi connectivity index (χ2n) is 9.00. The number of hydrogen-bond acceptors (Lipinski definition) is 3. The minimum absolute atomic E-state index is 0.108. The smallest absolute Gasteiger partial charge is 0.252 e. The van der Waals surface area contributed by atoms with Gasteiger partial charge in [0.1, 0.15) is 11.9 Å². The Balaban J connectivity index is 1.71. The highest BCUT2D eigenvalue weighted by molar-refractivity contribution is 6.31. The summed E-state index contributed by atoms with van der Waals surface area (Å²) in [5.74, 6) is -4.89. The van der Waals surface area contributed by atoms with Gasteiger partial charge < -0.3 is 10.6 Å². The van der Waals surface area contributed by atoms with Gasteiger partial charge >= 0.3 is 0 Å². The van der Waals surface area contributed by atoms with Gasteiger partial charge in [-0.2, -0.15) is 0 Å². The van der Waals surface area contributed by atoms with Crippen LogP contribution < -0.4 is 15.5 Å². The summed E-state index contributed by atoms with van der Waals surface area (Å²) in [6, 6.07) is 9.05. The SMILES string of the molecule is O=C1CCCC(CC(=O)N(c2cccc(F)c2)C(C(=O)NC2CC(F)(F)C2)c2ccccc2Cl)N1. The molecule has 0 bridgehead atoms. The summed E-state index contributed by atoms with van der Waals surface area (Å²) < 4.78 is 41.0. The summed E-state index contributed by atoms with van der Waals surface area (Å²) in [4.78, 5) is 40.1. The van der Waals surface area contributed by atoms with Crippen LogP contribution in [0.3, 0.4) is 0 Å². The number of amides is 3. The lowest BCUT2D eigenvalue weighted by Crippen LogP contribution is -2.54. The number of carbonyl (C=O) groups excluding carboxylic acids is 3. The van der Waals surface area contributed by atoms with Crippen molar-refractivity contribution in [2.24, 2.45) is 0 Å². The van der Waals surface area contributed by atoms with Crippen molar-refractivity contribution in [1.82, 2.24) is 10.6 Å². The van der Waals surface area contributed by atoms with Crippen LogP contribution >= 0.6 is 11.6 Å². The maximum Gasteiger partial charge on any atom is 0.252 e. The Morgan fingerprint density at radius 3 is 2.57 bits per heavy atom. The molecule has 4 rings (SSSR count). The molecular weight excluding hydrogens is 483 g/mol. The lowest BCUT2D eigenvalue weighted by molar-refractivity contribution is -0.133. The van der Waals surface area contributed by atoms with E-state index in [1.807, 2.05) is 0 Å². The molecule has 1 aliphatic heterocycles. The van der Waals surface area contributed by atoms with Crippen molar-refractivity contribution in [3.8, 4) is 0 Å². The van der Waals surface area contributed by atoms with E-state index in [4.69, 9.17) is 11.6 Å². The van der Waals surface area contributed by atoms with Gasteiger partial charge in [0.15, 0.2) is 0 Å². The largest absolute Gasteiger partial charge is 0.353 e. The van der Waals surface area contributed by atoms with Gasteiger partial charge in [-0.15, -0.1) is 0 Å². The molecule has 2 unspecified atom stereocenters. The first-order chi connectivity index (χ1) is 16.6. The highest BCUT2D eigenvalue weighted by Crippen LogP contribution is 2.39. The fourth-order valence-electron chi connectivity index (χ4n) is 4.54. The van der Waals surface area contributed by atoms with Gasteiger partial charge in [-0.3, -0.25) is 19.3 Å². The molecule has 0 aromatic heterocycles. The second-order valence-corrected chi connectivity index (χ2v) is 9.41. The normalized spacial score (nSPS) is 20.3. The number of hydrogen-bond donors (Lipinski definition) is 2. The average Bonchev–Trinajstić information content (AvgIpc) is 2.76. The topological polar surface area (TPSA) is 78.5 Å². The highest BCUT2D eigenvalue weighted by atomic mass is 35.5. The first-order valence-electron chi connectivity index (χ1n) is 11.4. The molecule has 2 N–H and O–H groups in total. The van der Waals surface area contributed by atoms with E-state index >= 15 is 0 Å². The number of benzene rings is 2. The van der Waals surface area contributed by atoms with Crippen LogP contribution in [0.2, 0.25) is 5.02 Å². The van der Waals surface area contributed by atoms with Crippen molar-refractivity contribution in [3.05, 3.63) is 64.9 Å². The molecule has 1 saturated heterocycles. The Morgan fingerprint density at radius 1 is 1.17 bits per heavy atom. The lowest BCUT2D eigenvalue weighted by atomic mass is 9.87. The number of nitrogens with one attached hydrogen (secondary N) is 2. The van der Waals surface area contributed by atoms with Crippen molar-refractivity contribution in [2.45, 2.75) is 62.6 Å². The second kappa shape index (κ2) is 10.3. The van der Waals surface area contributed by atoms with Gasteiger partial charge in [-0.25, -0.2) is 13.2 Å². The number of rotatable bonds is 7. The molecule has 1 saturated carbocycles. The number of nitrogens with zero attached hydrogens (tertiary/aromatic N) is 1. The zero-order valence-corrected chi connectivity index (χ0v) is 19.5. The molecule has 2 aromatic rings. The highest BCUT2D eigenvalue weighted by Gasteiger charge is 2.47. The minimum Gasteiger partial charge on any atom is -0.353 e. The Morgan fingerprint density at radius 2 is 1.91 bits per heavy atom. The molecule has 186 valence electrons. The summed E-state index contributed by atoms with van der Waals surface area (Å²) in [5, 5.41) is 5.55. The fourth-order valence-corrected chi connectivity index (χ4v) is 4.78. The van der Waals surface area contributed by atoms with Crippen molar-refractivity contribution < 1.29 is 27.6 Å². The van der Waals surface area contributed by atoms with Gasteiger partial charge in [0.2, 0.25) is 17.7 Å². The third-order valence-corrected chi connectivity index (χ3v) is 6.58. The predicted octanol–water partition coefficient (Wildman–Crippen LogP) is 4.53. The Hall–Kier alpha value is -3.07. The molecule has 0 radical (unpaired) electrons. The third kappa shape index (κ3) is 5.96. The predicted molar refractivity (Wildman–Crippen MR) is 125 cm³/mol. The van der Waals surface area contributed by atoms with Crippen LogP contribution in [-0.4, -0.2) is 35.7 Å². The summed E-state index contributed by atoms with van der Waals surface area (Å²) in [7, 11) is 0.